The van der Waals surface area contributed by atoms with Crippen molar-refractivity contribution in [1.29, 1.82) is 0 Å². The van der Waals surface area contributed by atoms with E-state index in [-0.39, 0.29) is 5.78 Å². The molecule has 134 valence electrons. The number of fused-ring (bicyclic) bond motifs is 1. The number of aryl methyl sites for hydroxylation is 2. The first-order valence-corrected chi connectivity index (χ1v) is 10.1. The van der Waals surface area contributed by atoms with Crippen molar-refractivity contribution in [3.63, 3.8) is 0 Å². The van der Waals surface area contributed by atoms with Crippen molar-refractivity contribution in [2.45, 2.75) is 71.6 Å². The molecule has 0 aromatic heterocycles. The maximum Gasteiger partial charge on any atom is 0.160 e. The minimum atomic E-state index is 0.210. The maximum atomic E-state index is 12.7. The van der Waals surface area contributed by atoms with Gasteiger partial charge in [-0.25, -0.2) is 0 Å². The molecule has 2 aliphatic carbocycles. The van der Waals surface area contributed by atoms with E-state index < -0.39 is 0 Å². The van der Waals surface area contributed by atoms with E-state index in [0.29, 0.717) is 24.2 Å². The van der Waals surface area contributed by atoms with Crippen LogP contribution in [0.2, 0.25) is 0 Å². The van der Waals surface area contributed by atoms with Gasteiger partial charge in [0.25, 0.3) is 0 Å². The monoisotopic (exact) mass is 354 g/mol. The number of hydrogen-bond acceptors (Lipinski definition) is 2. The van der Waals surface area contributed by atoms with Gasteiger partial charge in [-0.15, -0.1) is 0 Å². The molecule has 0 amide bonds. The Morgan fingerprint density at radius 2 is 2.00 bits per heavy atom. The lowest BCUT2D eigenvalue weighted by Gasteiger charge is -2.21. The van der Waals surface area contributed by atoms with E-state index in [0.717, 1.165) is 6.42 Å². The van der Waals surface area contributed by atoms with Crippen molar-refractivity contribution >= 4 is 18.4 Å². The summed E-state index contributed by atoms with van der Waals surface area (Å²) in [5, 5.41) is 1.85. The van der Waals surface area contributed by atoms with Gasteiger partial charge in [0.2, 0.25) is 0 Å². The quantitative estimate of drug-likeness (QED) is 0.373. The highest BCUT2D eigenvalue weighted by Gasteiger charge is 2.27. The molecule has 25 heavy (non-hydrogen) atoms. The van der Waals surface area contributed by atoms with Gasteiger partial charge in [-0.05, 0) is 95.2 Å². The molecule has 0 saturated heterocycles. The van der Waals surface area contributed by atoms with E-state index >= 15 is 0 Å². The average molecular weight is 355 g/mol. The van der Waals surface area contributed by atoms with E-state index in [2.05, 4.69) is 46.4 Å². The summed E-state index contributed by atoms with van der Waals surface area (Å²) >= 11 is 4.29. The Morgan fingerprint density at radius 1 is 1.28 bits per heavy atom. The van der Waals surface area contributed by atoms with Gasteiger partial charge in [0, 0.05) is 6.42 Å². The van der Waals surface area contributed by atoms with Gasteiger partial charge in [-0.1, -0.05) is 32.9 Å². The molecule has 1 fully saturated rings. The lowest BCUT2D eigenvalue weighted by Crippen LogP contribution is -2.10. The van der Waals surface area contributed by atoms with Crippen LogP contribution in [0.5, 0.6) is 0 Å². The summed E-state index contributed by atoms with van der Waals surface area (Å²) in [6, 6.07) is 2.37. The van der Waals surface area contributed by atoms with Crippen LogP contribution in [0.1, 0.15) is 79.7 Å². The summed E-state index contributed by atoms with van der Waals surface area (Å²) in [7, 11) is 0. The second-order valence-corrected chi connectivity index (χ2v) is 8.39. The highest BCUT2D eigenvalue weighted by atomic mass is 32.1. The van der Waals surface area contributed by atoms with Crippen LogP contribution >= 0.6 is 12.6 Å². The molecular weight excluding hydrogens is 324 g/mol. The van der Waals surface area contributed by atoms with Crippen molar-refractivity contribution in [3.8, 4) is 0 Å². The van der Waals surface area contributed by atoms with Gasteiger partial charge in [-0.2, -0.15) is 12.6 Å². The van der Waals surface area contributed by atoms with E-state index in [4.69, 9.17) is 0 Å². The molecular formula is C23H30OS. The number of ketones is 1. The van der Waals surface area contributed by atoms with Crippen LogP contribution in [0.4, 0.5) is 0 Å². The Kier molecular flexibility index (Phi) is 5.58. The lowest BCUT2D eigenvalue weighted by molar-refractivity contribution is -0.114. The predicted molar refractivity (Wildman–Crippen MR) is 110 cm³/mol. The summed E-state index contributed by atoms with van der Waals surface area (Å²) in [6.07, 6.45) is 9.11. The Bertz CT molecular complexity index is 731. The highest BCUT2D eigenvalue weighted by molar-refractivity contribution is 7.83. The SMILES string of the molecule is Cc1cc2c(c(CC(=O)/C=C/C(=C\S)C3CC3)c1C(C)C)C(C)CC2. The minimum absolute atomic E-state index is 0.210. The second-order valence-electron chi connectivity index (χ2n) is 8.13. The minimum Gasteiger partial charge on any atom is -0.294 e. The van der Waals surface area contributed by atoms with Gasteiger partial charge in [0.05, 0.1) is 0 Å². The van der Waals surface area contributed by atoms with E-state index in [1.807, 2.05) is 11.5 Å². The van der Waals surface area contributed by atoms with Gasteiger partial charge < -0.3 is 0 Å². The van der Waals surface area contributed by atoms with Crippen LogP contribution in [0.3, 0.4) is 0 Å². The fourth-order valence-corrected chi connectivity index (χ4v) is 4.75. The maximum absolute atomic E-state index is 12.7. The summed E-state index contributed by atoms with van der Waals surface area (Å²) in [5.74, 6) is 1.85. The number of allylic oxidation sites excluding steroid dienone is 3. The van der Waals surface area contributed by atoms with Crippen LogP contribution in [-0.2, 0) is 17.6 Å². The zero-order valence-corrected chi connectivity index (χ0v) is 16.8. The molecule has 1 unspecified atom stereocenters. The Morgan fingerprint density at radius 3 is 2.60 bits per heavy atom. The van der Waals surface area contributed by atoms with E-state index in [1.165, 1.54) is 52.7 Å². The van der Waals surface area contributed by atoms with Crippen LogP contribution < -0.4 is 0 Å². The van der Waals surface area contributed by atoms with Gasteiger partial charge in [0.1, 0.15) is 0 Å². The summed E-state index contributed by atoms with van der Waals surface area (Å²) in [5.41, 5.74) is 8.18. The summed E-state index contributed by atoms with van der Waals surface area (Å²) in [6.45, 7) is 9.00. The Labute approximate surface area is 158 Å². The molecule has 3 rings (SSSR count). The zero-order valence-electron chi connectivity index (χ0n) is 15.9. The standard InChI is InChI=1S/C23H30OS/c1-14(2)22-16(4)11-18-6-5-15(3)23(18)21(22)12-20(24)10-9-19(13-25)17-7-8-17/h9-11,13-15,17,25H,5-8,12H2,1-4H3/b10-9+,19-13+. The second kappa shape index (κ2) is 7.53. The predicted octanol–water partition coefficient (Wildman–Crippen LogP) is 6.06. The lowest BCUT2D eigenvalue weighted by atomic mass is 9.83. The van der Waals surface area contributed by atoms with Crippen molar-refractivity contribution in [1.82, 2.24) is 0 Å². The number of carbonyl (C=O) groups excluding carboxylic acids is 1. The molecule has 2 aliphatic rings. The largest absolute Gasteiger partial charge is 0.294 e. The van der Waals surface area contributed by atoms with Gasteiger partial charge in [-0.3, -0.25) is 4.79 Å². The smallest absolute Gasteiger partial charge is 0.160 e. The molecule has 0 radical (unpaired) electrons. The number of carbonyl (C=O) groups is 1. The molecule has 0 spiro atoms. The van der Waals surface area contributed by atoms with Crippen LogP contribution in [0.15, 0.2) is 29.2 Å². The molecule has 1 nitrogen and oxygen atoms in total. The first-order chi connectivity index (χ1) is 11.9. The first kappa shape index (κ1) is 18.5. The van der Waals surface area contributed by atoms with Gasteiger partial charge >= 0.3 is 0 Å². The van der Waals surface area contributed by atoms with Crippen molar-refractivity contribution in [3.05, 3.63) is 57.0 Å². The molecule has 1 saturated carbocycles. The molecule has 0 heterocycles. The fraction of sp³-hybridized carbons (Fsp3) is 0.522. The Hall–Kier alpha value is -1.28. The Balaban J connectivity index is 1.90. The molecule has 0 N–H and O–H groups in total. The molecule has 1 aromatic carbocycles. The van der Waals surface area contributed by atoms with E-state index in [1.54, 1.807) is 6.08 Å². The van der Waals surface area contributed by atoms with Crippen LogP contribution in [-0.4, -0.2) is 5.78 Å². The normalized spacial score (nSPS) is 20.6. The summed E-state index contributed by atoms with van der Waals surface area (Å²) in [4.78, 5) is 12.7. The van der Waals surface area contributed by atoms with Crippen LogP contribution in [0, 0.1) is 12.8 Å². The number of rotatable bonds is 6. The van der Waals surface area contributed by atoms with Crippen molar-refractivity contribution < 1.29 is 4.79 Å². The van der Waals surface area contributed by atoms with Crippen molar-refractivity contribution in [2.24, 2.45) is 5.92 Å². The average Bonchev–Trinajstić information content (AvgIpc) is 3.31. The third-order valence-electron chi connectivity index (χ3n) is 5.74. The third kappa shape index (κ3) is 3.95. The molecule has 1 atom stereocenters. The molecule has 0 bridgehead atoms. The first-order valence-electron chi connectivity index (χ1n) is 9.62. The zero-order chi connectivity index (χ0) is 18.1. The van der Waals surface area contributed by atoms with Crippen LogP contribution in [0.25, 0.3) is 0 Å². The fourth-order valence-electron chi connectivity index (χ4n) is 4.45. The number of thiol groups is 1. The molecule has 1 aromatic rings. The molecule has 2 heteroatoms. The van der Waals surface area contributed by atoms with Crippen molar-refractivity contribution in [2.75, 3.05) is 0 Å². The molecule has 0 aliphatic heterocycles. The third-order valence-corrected chi connectivity index (χ3v) is 6.04. The van der Waals surface area contributed by atoms with E-state index in [9.17, 15) is 4.79 Å². The topological polar surface area (TPSA) is 17.1 Å². The number of benzene rings is 1. The number of hydrogen-bond donors (Lipinski definition) is 1. The summed E-state index contributed by atoms with van der Waals surface area (Å²) < 4.78 is 0. The van der Waals surface area contributed by atoms with Gasteiger partial charge in [0.15, 0.2) is 5.78 Å². The highest BCUT2D eigenvalue weighted by Crippen LogP contribution is 2.41.